The number of piperazine rings is 1. The summed E-state index contributed by atoms with van der Waals surface area (Å²) < 4.78 is 13.5. The van der Waals surface area contributed by atoms with Crippen molar-refractivity contribution in [3.8, 4) is 0 Å². The van der Waals surface area contributed by atoms with Crippen LogP contribution < -0.4 is 15.5 Å². The summed E-state index contributed by atoms with van der Waals surface area (Å²) in [6.45, 7) is 7.24. The fourth-order valence-corrected chi connectivity index (χ4v) is 4.08. The van der Waals surface area contributed by atoms with Gasteiger partial charge in [0.2, 0.25) is 5.91 Å². The van der Waals surface area contributed by atoms with Gasteiger partial charge in [-0.1, -0.05) is 13.0 Å². The van der Waals surface area contributed by atoms with Gasteiger partial charge in [0.15, 0.2) is 0 Å². The van der Waals surface area contributed by atoms with Crippen molar-refractivity contribution in [2.75, 3.05) is 24.5 Å². The average Bonchev–Trinajstić information content (AvgIpc) is 2.90. The van der Waals surface area contributed by atoms with Gasteiger partial charge < -0.3 is 15.1 Å². The number of imide groups is 1. The van der Waals surface area contributed by atoms with Crippen LogP contribution in [0.3, 0.4) is 0 Å². The molecule has 2 N–H and O–H groups in total. The van der Waals surface area contributed by atoms with Crippen LogP contribution >= 0.6 is 0 Å². The molecule has 7 nitrogen and oxygen atoms in total. The third-order valence-electron chi connectivity index (χ3n) is 5.69. The van der Waals surface area contributed by atoms with Gasteiger partial charge >= 0.3 is 6.03 Å². The number of benzene rings is 1. The Morgan fingerprint density at radius 3 is 2.68 bits per heavy atom. The van der Waals surface area contributed by atoms with E-state index >= 15 is 0 Å². The standard InChI is InChI=1S/C20H27FN4O3/c1-4-14(11-20(3)18(27)22-19(28)23-20)17(26)24-8-9-25(13(2)12-24)16-7-5-6-15(21)10-16/h5-7,10,13-14H,4,8-9,11-12H2,1-3H3,(H2,22,23,27,28)/t13-,14?,20?/m0/s1. The molecule has 2 saturated heterocycles. The molecular formula is C20H27FN4O3. The maximum Gasteiger partial charge on any atom is 0.322 e. The highest BCUT2D eigenvalue weighted by molar-refractivity contribution is 6.07. The van der Waals surface area contributed by atoms with E-state index in [-0.39, 0.29) is 30.1 Å². The molecule has 2 aliphatic heterocycles. The molecule has 2 aliphatic rings. The van der Waals surface area contributed by atoms with Crippen LogP contribution in [0.1, 0.15) is 33.6 Å². The zero-order chi connectivity index (χ0) is 20.5. The lowest BCUT2D eigenvalue weighted by Gasteiger charge is -2.42. The van der Waals surface area contributed by atoms with Gasteiger partial charge in [-0.2, -0.15) is 0 Å². The first-order chi connectivity index (χ1) is 13.2. The Balaban J connectivity index is 1.66. The van der Waals surface area contributed by atoms with Crippen molar-refractivity contribution in [2.24, 2.45) is 5.92 Å². The van der Waals surface area contributed by atoms with E-state index in [0.29, 0.717) is 26.1 Å². The summed E-state index contributed by atoms with van der Waals surface area (Å²) in [7, 11) is 0. The predicted octanol–water partition coefficient (Wildman–Crippen LogP) is 1.88. The van der Waals surface area contributed by atoms with Gasteiger partial charge in [0.25, 0.3) is 5.91 Å². The Labute approximate surface area is 164 Å². The maximum atomic E-state index is 13.5. The van der Waals surface area contributed by atoms with Crippen LogP contribution in [-0.2, 0) is 9.59 Å². The number of hydrogen-bond donors (Lipinski definition) is 2. The highest BCUT2D eigenvalue weighted by atomic mass is 19.1. The molecule has 0 aliphatic carbocycles. The fraction of sp³-hybridized carbons (Fsp3) is 0.550. The van der Waals surface area contributed by atoms with Crippen molar-refractivity contribution in [3.05, 3.63) is 30.1 Å². The third kappa shape index (κ3) is 3.95. The van der Waals surface area contributed by atoms with Crippen LogP contribution in [0.15, 0.2) is 24.3 Å². The van der Waals surface area contributed by atoms with Crippen LogP contribution in [0.2, 0.25) is 0 Å². The molecule has 0 aromatic heterocycles. The zero-order valence-electron chi connectivity index (χ0n) is 16.5. The van der Waals surface area contributed by atoms with Gasteiger partial charge in [-0.25, -0.2) is 9.18 Å². The Morgan fingerprint density at radius 1 is 1.36 bits per heavy atom. The molecule has 0 spiro atoms. The molecule has 152 valence electrons. The highest BCUT2D eigenvalue weighted by Crippen LogP contribution is 2.27. The van der Waals surface area contributed by atoms with Crippen LogP contribution in [0.4, 0.5) is 14.9 Å². The van der Waals surface area contributed by atoms with Gasteiger partial charge in [-0.15, -0.1) is 0 Å². The van der Waals surface area contributed by atoms with E-state index in [4.69, 9.17) is 0 Å². The Kier molecular flexibility index (Phi) is 5.58. The fourth-order valence-electron chi connectivity index (χ4n) is 4.08. The Bertz CT molecular complexity index is 786. The molecule has 3 rings (SSSR count). The van der Waals surface area contributed by atoms with Crippen molar-refractivity contribution < 1.29 is 18.8 Å². The van der Waals surface area contributed by atoms with Crippen LogP contribution in [0.5, 0.6) is 0 Å². The van der Waals surface area contributed by atoms with Crippen molar-refractivity contribution in [1.29, 1.82) is 0 Å². The topological polar surface area (TPSA) is 81.8 Å². The van der Waals surface area contributed by atoms with E-state index in [1.54, 1.807) is 13.0 Å². The summed E-state index contributed by atoms with van der Waals surface area (Å²) in [5, 5.41) is 4.87. The van der Waals surface area contributed by atoms with Crippen LogP contribution in [-0.4, -0.2) is 54.0 Å². The quantitative estimate of drug-likeness (QED) is 0.752. The molecule has 28 heavy (non-hydrogen) atoms. The first-order valence-electron chi connectivity index (χ1n) is 9.68. The largest absolute Gasteiger partial charge is 0.365 e. The summed E-state index contributed by atoms with van der Waals surface area (Å²) in [6, 6.07) is 6.00. The molecule has 4 amide bonds. The number of urea groups is 1. The van der Waals surface area contributed by atoms with Crippen molar-refractivity contribution in [3.63, 3.8) is 0 Å². The average molecular weight is 390 g/mol. The molecule has 2 fully saturated rings. The monoisotopic (exact) mass is 390 g/mol. The third-order valence-corrected chi connectivity index (χ3v) is 5.69. The summed E-state index contributed by atoms with van der Waals surface area (Å²) in [5.41, 5.74) is -0.257. The number of rotatable bonds is 5. The molecule has 0 radical (unpaired) electrons. The van der Waals surface area contributed by atoms with Crippen molar-refractivity contribution >= 4 is 23.5 Å². The summed E-state index contributed by atoms with van der Waals surface area (Å²) in [6.07, 6.45) is 0.842. The normalized spacial score (nSPS) is 26.1. The number of halogens is 1. The first-order valence-corrected chi connectivity index (χ1v) is 9.68. The van der Waals surface area contributed by atoms with Gasteiger partial charge in [0, 0.05) is 37.3 Å². The minimum absolute atomic E-state index is 0.0107. The molecule has 3 atom stereocenters. The number of nitrogens with one attached hydrogen (secondary N) is 2. The smallest absolute Gasteiger partial charge is 0.322 e. The Hall–Kier alpha value is -2.64. The van der Waals surface area contributed by atoms with E-state index in [1.807, 2.05) is 24.8 Å². The number of anilines is 1. The molecule has 0 bridgehead atoms. The molecule has 2 heterocycles. The predicted molar refractivity (Wildman–Crippen MR) is 103 cm³/mol. The SMILES string of the molecule is CCC(CC1(C)NC(=O)NC1=O)C(=O)N1CCN(c2cccc(F)c2)[C@@H](C)C1. The number of carbonyl (C=O) groups is 3. The van der Waals surface area contributed by atoms with Gasteiger partial charge in [0.05, 0.1) is 0 Å². The lowest BCUT2D eigenvalue weighted by molar-refractivity contribution is -0.137. The second-order valence-corrected chi connectivity index (χ2v) is 7.86. The molecule has 8 heteroatoms. The summed E-state index contributed by atoms with van der Waals surface area (Å²) >= 11 is 0. The minimum Gasteiger partial charge on any atom is -0.365 e. The summed E-state index contributed by atoms with van der Waals surface area (Å²) in [4.78, 5) is 40.6. The minimum atomic E-state index is -1.07. The van der Waals surface area contributed by atoms with E-state index in [1.165, 1.54) is 12.1 Å². The molecule has 1 aromatic carbocycles. The molecule has 0 saturated carbocycles. The lowest BCUT2D eigenvalue weighted by Crippen LogP contribution is -2.56. The van der Waals surface area contributed by atoms with Crippen LogP contribution in [0, 0.1) is 11.7 Å². The van der Waals surface area contributed by atoms with Gasteiger partial charge in [-0.3, -0.25) is 14.9 Å². The van der Waals surface area contributed by atoms with Gasteiger partial charge in [0.1, 0.15) is 11.4 Å². The second kappa shape index (κ2) is 7.77. The lowest BCUT2D eigenvalue weighted by atomic mass is 9.86. The highest BCUT2D eigenvalue weighted by Gasteiger charge is 2.45. The Morgan fingerprint density at radius 2 is 2.11 bits per heavy atom. The number of amides is 4. The molecule has 2 unspecified atom stereocenters. The molecule has 1 aromatic rings. The van der Waals surface area contributed by atoms with Crippen molar-refractivity contribution in [2.45, 2.75) is 45.2 Å². The number of carbonyl (C=O) groups excluding carboxylic acids is 3. The summed E-state index contributed by atoms with van der Waals surface area (Å²) in [5.74, 6) is -1.04. The zero-order valence-corrected chi connectivity index (χ0v) is 16.5. The molecular weight excluding hydrogens is 363 g/mol. The van der Waals surface area contributed by atoms with E-state index in [0.717, 1.165) is 5.69 Å². The van der Waals surface area contributed by atoms with Crippen LogP contribution in [0.25, 0.3) is 0 Å². The number of hydrogen-bond acceptors (Lipinski definition) is 4. The van der Waals surface area contributed by atoms with E-state index < -0.39 is 17.5 Å². The first kappa shape index (κ1) is 20.1. The maximum absolute atomic E-state index is 13.5. The van der Waals surface area contributed by atoms with Gasteiger partial charge in [-0.05, 0) is 44.9 Å². The van der Waals surface area contributed by atoms with E-state index in [2.05, 4.69) is 15.5 Å². The van der Waals surface area contributed by atoms with Crippen molar-refractivity contribution in [1.82, 2.24) is 15.5 Å². The van der Waals surface area contributed by atoms with E-state index in [9.17, 15) is 18.8 Å². The second-order valence-electron chi connectivity index (χ2n) is 7.86. The number of nitrogens with zero attached hydrogens (tertiary/aromatic N) is 2.